The highest BCUT2D eigenvalue weighted by atomic mass is 32.2. The lowest BCUT2D eigenvalue weighted by Gasteiger charge is -2.25. The van der Waals surface area contributed by atoms with Crippen LogP contribution in [0.25, 0.3) is 0 Å². The van der Waals surface area contributed by atoms with E-state index in [9.17, 15) is 32.3 Å². The topological polar surface area (TPSA) is 77.8 Å². The highest BCUT2D eigenvalue weighted by Gasteiger charge is 2.40. The van der Waals surface area contributed by atoms with E-state index in [1.807, 2.05) is 0 Å². The van der Waals surface area contributed by atoms with Gasteiger partial charge in [0, 0.05) is 37.1 Å². The van der Waals surface area contributed by atoms with Gasteiger partial charge < -0.3 is 15.1 Å². The summed E-state index contributed by atoms with van der Waals surface area (Å²) in [6.45, 7) is -0.300. The van der Waals surface area contributed by atoms with Gasteiger partial charge in [-0.3, -0.25) is 9.59 Å². The van der Waals surface area contributed by atoms with E-state index in [0.717, 1.165) is 22.7 Å². The summed E-state index contributed by atoms with van der Waals surface area (Å²) >= 11 is 0.885. The van der Waals surface area contributed by atoms with Gasteiger partial charge in [0.15, 0.2) is 0 Å². The van der Waals surface area contributed by atoms with Gasteiger partial charge in [0.25, 0.3) is 5.24 Å². The fourth-order valence-corrected chi connectivity index (χ4v) is 3.97. The van der Waals surface area contributed by atoms with Crippen LogP contribution in [0.2, 0.25) is 0 Å². The maximum atomic E-state index is 14.3. The lowest BCUT2D eigenvalue weighted by molar-refractivity contribution is -0.137. The molecule has 2 atom stereocenters. The Labute approximate surface area is 175 Å². The van der Waals surface area contributed by atoms with Crippen molar-refractivity contribution in [2.75, 3.05) is 12.3 Å². The lowest BCUT2D eigenvalue weighted by Crippen LogP contribution is -2.36. The van der Waals surface area contributed by atoms with E-state index in [0.29, 0.717) is 0 Å². The van der Waals surface area contributed by atoms with Crippen molar-refractivity contribution in [1.29, 1.82) is 0 Å². The molecule has 1 heterocycles. The molecule has 166 valence electrons. The van der Waals surface area contributed by atoms with Crippen molar-refractivity contribution in [1.82, 2.24) is 4.90 Å². The molecule has 0 radical (unpaired) electrons. The second-order valence-corrected chi connectivity index (χ2v) is 7.98. The average Bonchev–Trinajstić information content (AvgIpc) is 3.04. The number of thioether (sulfide) groups is 1. The zero-order valence-electron chi connectivity index (χ0n) is 16.0. The molecule has 1 amide bonds. The van der Waals surface area contributed by atoms with Gasteiger partial charge in [-0.25, -0.2) is 8.78 Å². The third-order valence-electron chi connectivity index (χ3n) is 4.71. The monoisotopic (exact) mass is 449 g/mol. The van der Waals surface area contributed by atoms with Gasteiger partial charge in [0.05, 0.1) is 6.04 Å². The van der Waals surface area contributed by atoms with E-state index in [1.165, 1.54) is 30.3 Å². The number of aliphatic hydroxyl groups excluding tert-OH is 1. The van der Waals surface area contributed by atoms with Crippen LogP contribution in [-0.2, 0) is 10.7 Å². The molecule has 1 aromatic carbocycles. The van der Waals surface area contributed by atoms with Gasteiger partial charge in [0.2, 0.25) is 5.92 Å². The maximum Gasteiger partial charge on any atom is 0.303 e. The summed E-state index contributed by atoms with van der Waals surface area (Å²) in [5, 5.41) is 18.0. The van der Waals surface area contributed by atoms with Crippen LogP contribution in [0.3, 0.4) is 0 Å². The molecule has 0 saturated carbocycles. The Kier molecular flexibility index (Phi) is 8.31. The molecular formula is C20H23F4NO4S. The zero-order valence-corrected chi connectivity index (χ0v) is 16.8. The Morgan fingerprint density at radius 3 is 2.53 bits per heavy atom. The summed E-state index contributed by atoms with van der Waals surface area (Å²) in [6.07, 6.45) is -1.85. The Morgan fingerprint density at radius 2 is 1.90 bits per heavy atom. The molecule has 2 unspecified atom stereocenters. The number of rotatable bonds is 11. The molecule has 2 rings (SSSR count). The molecule has 0 spiro atoms. The van der Waals surface area contributed by atoms with Crippen molar-refractivity contribution in [3.63, 3.8) is 0 Å². The van der Waals surface area contributed by atoms with Gasteiger partial charge in [-0.05, 0) is 6.42 Å². The first-order valence-corrected chi connectivity index (χ1v) is 10.3. The van der Waals surface area contributed by atoms with Gasteiger partial charge in [0.1, 0.15) is 6.10 Å². The number of hydrogen-bond donors (Lipinski definition) is 2. The second kappa shape index (κ2) is 10.3. The molecule has 1 aromatic rings. The van der Waals surface area contributed by atoms with Crippen LogP contribution < -0.4 is 0 Å². The van der Waals surface area contributed by atoms with Crippen molar-refractivity contribution < 1.29 is 37.4 Å². The normalized spacial score (nSPS) is 18.9. The number of benzene rings is 1. The fourth-order valence-electron chi connectivity index (χ4n) is 2.97. The minimum Gasteiger partial charge on any atom is -0.481 e. The number of carboxylic acids is 1. The number of carboxylic acid groups (broad SMARTS) is 1. The van der Waals surface area contributed by atoms with Crippen LogP contribution in [0.15, 0.2) is 42.5 Å². The standard InChI is InChI=1S/C20H23F4NO4S/c21-19(22,10-4-7-17(27)28)11-12-25-15(13-30-18(25)29)8-9-16(26)20(23,24)14-5-2-1-3-6-14/h1-3,5-6,8-9,15-16,26H,4,7,10-13H2,(H,27,28)/b9-8+. The molecule has 1 aliphatic rings. The summed E-state index contributed by atoms with van der Waals surface area (Å²) in [6, 6.07) is 6.08. The molecule has 5 nitrogen and oxygen atoms in total. The summed E-state index contributed by atoms with van der Waals surface area (Å²) in [4.78, 5) is 23.6. The molecule has 10 heteroatoms. The quantitative estimate of drug-likeness (QED) is 0.384. The zero-order chi connectivity index (χ0) is 22.4. The second-order valence-electron chi connectivity index (χ2n) is 7.01. The molecule has 0 aliphatic carbocycles. The first-order valence-electron chi connectivity index (χ1n) is 9.36. The van der Waals surface area contributed by atoms with E-state index >= 15 is 0 Å². The van der Waals surface area contributed by atoms with Crippen molar-refractivity contribution in [2.45, 2.75) is 49.7 Å². The molecule has 1 aliphatic heterocycles. The number of carbonyl (C=O) groups excluding carboxylic acids is 1. The van der Waals surface area contributed by atoms with E-state index < -0.39 is 48.0 Å². The van der Waals surface area contributed by atoms with Gasteiger partial charge >= 0.3 is 11.9 Å². The van der Waals surface area contributed by atoms with Crippen molar-refractivity contribution in [3.05, 3.63) is 48.0 Å². The highest BCUT2D eigenvalue weighted by Crippen LogP contribution is 2.34. The number of halogens is 4. The number of hydrogen-bond acceptors (Lipinski definition) is 4. The Hall–Kier alpha value is -2.07. The average molecular weight is 449 g/mol. The van der Waals surface area contributed by atoms with Gasteiger partial charge in [-0.15, -0.1) is 0 Å². The Morgan fingerprint density at radius 1 is 1.23 bits per heavy atom. The predicted octanol–water partition coefficient (Wildman–Crippen LogP) is 4.51. The fraction of sp³-hybridized carbons (Fsp3) is 0.500. The van der Waals surface area contributed by atoms with E-state index in [4.69, 9.17) is 5.11 Å². The van der Waals surface area contributed by atoms with Crippen LogP contribution >= 0.6 is 11.8 Å². The van der Waals surface area contributed by atoms with Crippen LogP contribution in [0.4, 0.5) is 22.4 Å². The van der Waals surface area contributed by atoms with E-state index in [1.54, 1.807) is 6.07 Å². The predicted molar refractivity (Wildman–Crippen MR) is 105 cm³/mol. The first-order chi connectivity index (χ1) is 14.0. The van der Waals surface area contributed by atoms with Gasteiger partial charge in [-0.2, -0.15) is 8.78 Å². The Bertz CT molecular complexity index is 760. The Balaban J connectivity index is 1.96. The maximum absolute atomic E-state index is 14.3. The van der Waals surface area contributed by atoms with E-state index in [-0.39, 0.29) is 30.7 Å². The first kappa shape index (κ1) is 24.2. The number of aliphatic carboxylic acids is 1. The van der Waals surface area contributed by atoms with Crippen LogP contribution in [-0.4, -0.2) is 56.7 Å². The smallest absolute Gasteiger partial charge is 0.303 e. The SMILES string of the molecule is O=C(O)CCCC(F)(F)CCN1C(=O)SCC1/C=C/C(O)C(F)(F)c1ccccc1. The molecule has 1 saturated heterocycles. The molecule has 0 aromatic heterocycles. The largest absolute Gasteiger partial charge is 0.481 e. The summed E-state index contributed by atoms with van der Waals surface area (Å²) in [5.74, 6) is -7.65. The van der Waals surface area contributed by atoms with Crippen molar-refractivity contribution in [2.24, 2.45) is 0 Å². The molecule has 30 heavy (non-hydrogen) atoms. The third kappa shape index (κ3) is 6.73. The summed E-state index contributed by atoms with van der Waals surface area (Å²) in [5.41, 5.74) is -0.364. The molecule has 2 N–H and O–H groups in total. The minimum absolute atomic E-state index is 0.185. The highest BCUT2D eigenvalue weighted by molar-refractivity contribution is 8.13. The number of nitrogens with zero attached hydrogens (tertiary/aromatic N) is 1. The van der Waals surface area contributed by atoms with E-state index in [2.05, 4.69) is 0 Å². The summed E-state index contributed by atoms with van der Waals surface area (Å²) < 4.78 is 56.6. The molecule has 0 bridgehead atoms. The number of amides is 1. The van der Waals surface area contributed by atoms with Crippen molar-refractivity contribution >= 4 is 23.0 Å². The van der Waals surface area contributed by atoms with Crippen LogP contribution in [0.1, 0.15) is 31.2 Å². The minimum atomic E-state index is -3.55. The third-order valence-corrected chi connectivity index (χ3v) is 5.70. The number of carbonyl (C=O) groups is 2. The molecule has 1 fully saturated rings. The van der Waals surface area contributed by atoms with Gasteiger partial charge in [-0.1, -0.05) is 54.2 Å². The van der Waals surface area contributed by atoms with Crippen molar-refractivity contribution in [3.8, 4) is 0 Å². The van der Waals surface area contributed by atoms with Crippen LogP contribution in [0.5, 0.6) is 0 Å². The lowest BCUT2D eigenvalue weighted by atomic mass is 10.0. The number of alkyl halides is 4. The number of aliphatic hydroxyl groups is 1. The summed E-state index contributed by atoms with van der Waals surface area (Å²) in [7, 11) is 0. The molecular weight excluding hydrogens is 426 g/mol. The van der Waals surface area contributed by atoms with Crippen LogP contribution in [0, 0.1) is 0 Å².